The number of furan rings is 1. The van der Waals surface area contributed by atoms with Gasteiger partial charge in [-0.05, 0) is 73.2 Å². The zero-order chi connectivity index (χ0) is 21.4. The molecule has 3 aromatic rings. The molecule has 150 valence electrons. The number of aryl methyl sites for hydroxylation is 1. The second-order valence-corrected chi connectivity index (χ2v) is 7.42. The summed E-state index contributed by atoms with van der Waals surface area (Å²) in [6, 6.07) is 14.2. The van der Waals surface area contributed by atoms with Gasteiger partial charge in [0.15, 0.2) is 5.11 Å². The van der Waals surface area contributed by atoms with Crippen LogP contribution in [0.2, 0.25) is 5.02 Å². The molecule has 0 saturated carbocycles. The highest BCUT2D eigenvalue weighted by atomic mass is 35.5. The predicted molar refractivity (Wildman–Crippen MR) is 116 cm³/mol. The molecule has 0 radical (unpaired) electrons. The van der Waals surface area contributed by atoms with Crippen molar-refractivity contribution in [2.45, 2.75) is 6.92 Å². The van der Waals surface area contributed by atoms with E-state index in [1.165, 1.54) is 24.3 Å². The number of halogens is 2. The van der Waals surface area contributed by atoms with Gasteiger partial charge in [-0.15, -0.1) is 0 Å². The average molecular weight is 441 g/mol. The van der Waals surface area contributed by atoms with Crippen molar-refractivity contribution in [3.63, 3.8) is 0 Å². The van der Waals surface area contributed by atoms with E-state index in [1.54, 1.807) is 24.3 Å². The molecule has 0 spiro atoms. The monoisotopic (exact) mass is 440 g/mol. The smallest absolute Gasteiger partial charge is 0.270 e. The molecule has 0 unspecified atom stereocenters. The number of hydrogen-bond donors (Lipinski definition) is 1. The standard InChI is InChI=1S/C22H14ClFN2O3S/c1-12-5-6-13(23)9-17(12)19-8-7-16(29-19)11-18-20(27)25-22(30)26(21(18)28)15-4-2-3-14(24)10-15/h2-11H,1H3,(H,25,27,30)/b18-11+. The van der Waals surface area contributed by atoms with Crippen LogP contribution in [0, 0.1) is 12.7 Å². The summed E-state index contributed by atoms with van der Waals surface area (Å²) in [5.41, 5.74) is 1.79. The number of carbonyl (C=O) groups excluding carboxylic acids is 2. The minimum absolute atomic E-state index is 0.123. The van der Waals surface area contributed by atoms with Gasteiger partial charge in [-0.3, -0.25) is 19.8 Å². The summed E-state index contributed by atoms with van der Waals surface area (Å²) >= 11 is 11.2. The molecule has 2 heterocycles. The van der Waals surface area contributed by atoms with Gasteiger partial charge in [-0.2, -0.15) is 0 Å². The molecule has 1 aromatic heterocycles. The van der Waals surface area contributed by atoms with Crippen LogP contribution in [0.3, 0.4) is 0 Å². The van der Waals surface area contributed by atoms with Crippen molar-refractivity contribution in [1.82, 2.24) is 5.32 Å². The van der Waals surface area contributed by atoms with Crippen LogP contribution in [-0.2, 0) is 9.59 Å². The maximum atomic E-state index is 13.6. The maximum absolute atomic E-state index is 13.6. The molecule has 30 heavy (non-hydrogen) atoms. The second kappa shape index (κ2) is 7.85. The fourth-order valence-electron chi connectivity index (χ4n) is 3.08. The van der Waals surface area contributed by atoms with Gasteiger partial charge in [0.05, 0.1) is 5.69 Å². The third-order valence-electron chi connectivity index (χ3n) is 4.55. The minimum atomic E-state index is -0.675. The fraction of sp³-hybridized carbons (Fsp3) is 0.0455. The van der Waals surface area contributed by atoms with Crippen molar-refractivity contribution in [2.75, 3.05) is 4.90 Å². The molecular weight excluding hydrogens is 427 g/mol. The van der Waals surface area contributed by atoms with E-state index in [9.17, 15) is 14.0 Å². The summed E-state index contributed by atoms with van der Waals surface area (Å²) in [7, 11) is 0. The Bertz CT molecular complexity index is 1230. The van der Waals surface area contributed by atoms with Crippen LogP contribution >= 0.6 is 23.8 Å². The molecule has 1 aliphatic heterocycles. The summed E-state index contributed by atoms with van der Waals surface area (Å²) in [6.07, 6.45) is 1.33. The average Bonchev–Trinajstić information content (AvgIpc) is 3.15. The van der Waals surface area contributed by atoms with Gasteiger partial charge in [-0.25, -0.2) is 4.39 Å². The topological polar surface area (TPSA) is 62.6 Å². The van der Waals surface area contributed by atoms with Crippen LogP contribution in [0.15, 0.2) is 64.6 Å². The molecule has 0 bridgehead atoms. The molecule has 4 rings (SSSR count). The Morgan fingerprint density at radius 2 is 1.93 bits per heavy atom. The highest BCUT2D eigenvalue weighted by Crippen LogP contribution is 2.30. The van der Waals surface area contributed by atoms with E-state index in [2.05, 4.69) is 5.32 Å². The van der Waals surface area contributed by atoms with Crippen LogP contribution < -0.4 is 10.2 Å². The van der Waals surface area contributed by atoms with Gasteiger partial charge >= 0.3 is 0 Å². The molecule has 0 atom stereocenters. The van der Waals surface area contributed by atoms with E-state index < -0.39 is 17.6 Å². The van der Waals surface area contributed by atoms with E-state index in [0.29, 0.717) is 16.5 Å². The van der Waals surface area contributed by atoms with Gasteiger partial charge in [0, 0.05) is 10.6 Å². The molecule has 5 nitrogen and oxygen atoms in total. The van der Waals surface area contributed by atoms with Crippen LogP contribution in [-0.4, -0.2) is 16.9 Å². The molecule has 2 aromatic carbocycles. The van der Waals surface area contributed by atoms with Crippen molar-refractivity contribution in [3.05, 3.63) is 82.3 Å². The SMILES string of the molecule is Cc1ccc(Cl)cc1-c1ccc(/C=C2\C(=O)NC(=S)N(c3cccc(F)c3)C2=O)o1. The van der Waals surface area contributed by atoms with E-state index in [0.717, 1.165) is 22.1 Å². The lowest BCUT2D eigenvalue weighted by atomic mass is 10.1. The predicted octanol–water partition coefficient (Wildman–Crippen LogP) is 4.88. The quantitative estimate of drug-likeness (QED) is 0.358. The third kappa shape index (κ3) is 3.77. The van der Waals surface area contributed by atoms with Crippen molar-refractivity contribution < 1.29 is 18.4 Å². The number of rotatable bonds is 3. The number of carbonyl (C=O) groups is 2. The Kier molecular flexibility index (Phi) is 5.24. The van der Waals surface area contributed by atoms with Gasteiger partial charge in [0.25, 0.3) is 11.8 Å². The molecular formula is C22H14ClFN2O3S. The summed E-state index contributed by atoms with van der Waals surface area (Å²) in [5.74, 6) is -1.02. The molecule has 1 aliphatic rings. The van der Waals surface area contributed by atoms with E-state index in [-0.39, 0.29) is 16.4 Å². The Hall–Kier alpha value is -3.29. The maximum Gasteiger partial charge on any atom is 0.270 e. The van der Waals surface area contributed by atoms with Crippen molar-refractivity contribution in [2.24, 2.45) is 0 Å². The first-order valence-electron chi connectivity index (χ1n) is 8.87. The van der Waals surface area contributed by atoms with Crippen molar-refractivity contribution in [1.29, 1.82) is 0 Å². The Labute approximate surface area is 181 Å². The number of thiocarbonyl (C=S) groups is 1. The molecule has 8 heteroatoms. The zero-order valence-corrected chi connectivity index (χ0v) is 17.2. The molecule has 2 amide bonds. The van der Waals surface area contributed by atoms with Crippen molar-refractivity contribution in [3.8, 4) is 11.3 Å². The first-order chi connectivity index (χ1) is 14.3. The number of anilines is 1. The van der Waals surface area contributed by atoms with E-state index in [1.807, 2.05) is 13.0 Å². The normalized spacial score (nSPS) is 15.6. The number of amides is 2. The Morgan fingerprint density at radius 3 is 2.70 bits per heavy atom. The summed E-state index contributed by atoms with van der Waals surface area (Å²) in [5, 5.41) is 2.89. The number of benzene rings is 2. The second-order valence-electron chi connectivity index (χ2n) is 6.60. The lowest BCUT2D eigenvalue weighted by Gasteiger charge is -2.28. The third-order valence-corrected chi connectivity index (χ3v) is 5.07. The summed E-state index contributed by atoms with van der Waals surface area (Å²) < 4.78 is 19.4. The first-order valence-corrected chi connectivity index (χ1v) is 9.65. The fourth-order valence-corrected chi connectivity index (χ4v) is 3.54. The Morgan fingerprint density at radius 1 is 1.13 bits per heavy atom. The lowest BCUT2D eigenvalue weighted by molar-refractivity contribution is -0.122. The van der Waals surface area contributed by atoms with Crippen LogP contribution in [0.5, 0.6) is 0 Å². The van der Waals surface area contributed by atoms with Crippen LogP contribution in [0.4, 0.5) is 10.1 Å². The summed E-state index contributed by atoms with van der Waals surface area (Å²) in [6.45, 7) is 1.92. The van der Waals surface area contributed by atoms with E-state index >= 15 is 0 Å². The Balaban J connectivity index is 1.70. The molecule has 1 N–H and O–H groups in total. The number of nitrogens with one attached hydrogen (secondary N) is 1. The molecule has 0 aliphatic carbocycles. The lowest BCUT2D eigenvalue weighted by Crippen LogP contribution is -2.54. The van der Waals surface area contributed by atoms with Gasteiger partial charge in [-0.1, -0.05) is 23.7 Å². The highest BCUT2D eigenvalue weighted by molar-refractivity contribution is 7.80. The zero-order valence-electron chi connectivity index (χ0n) is 15.6. The van der Waals surface area contributed by atoms with Gasteiger partial charge in [0.1, 0.15) is 22.9 Å². The van der Waals surface area contributed by atoms with Gasteiger partial charge in [0.2, 0.25) is 0 Å². The van der Waals surface area contributed by atoms with E-state index in [4.69, 9.17) is 28.2 Å². The van der Waals surface area contributed by atoms with Crippen LogP contribution in [0.1, 0.15) is 11.3 Å². The minimum Gasteiger partial charge on any atom is -0.457 e. The molecule has 1 saturated heterocycles. The largest absolute Gasteiger partial charge is 0.457 e. The van der Waals surface area contributed by atoms with Crippen LogP contribution in [0.25, 0.3) is 17.4 Å². The highest BCUT2D eigenvalue weighted by Gasteiger charge is 2.34. The summed E-state index contributed by atoms with van der Waals surface area (Å²) in [4.78, 5) is 26.4. The molecule has 1 fully saturated rings. The first kappa shape index (κ1) is 20.0. The van der Waals surface area contributed by atoms with Crippen molar-refractivity contribution >= 4 is 52.5 Å². The number of hydrogen-bond acceptors (Lipinski definition) is 4. The van der Waals surface area contributed by atoms with Gasteiger partial charge < -0.3 is 4.42 Å². The number of nitrogens with zero attached hydrogens (tertiary/aromatic N) is 1.